The van der Waals surface area contributed by atoms with Gasteiger partial charge in [-0.05, 0) is 12.1 Å². The Morgan fingerprint density at radius 3 is 3.04 bits per heavy atom. The Labute approximate surface area is 151 Å². The first-order chi connectivity index (χ1) is 12.7. The minimum absolute atomic E-state index is 0.234. The van der Waals surface area contributed by atoms with E-state index in [0.717, 1.165) is 6.42 Å². The van der Waals surface area contributed by atoms with Crippen LogP contribution in [0.2, 0.25) is 0 Å². The fourth-order valence-electron chi connectivity index (χ4n) is 3.04. The molecule has 0 saturated carbocycles. The molecule has 4 rings (SSSR count). The first kappa shape index (κ1) is 16.7. The largest absolute Gasteiger partial charge is 0.490 e. The van der Waals surface area contributed by atoms with Gasteiger partial charge in [-0.1, -0.05) is 6.07 Å². The average molecular weight is 359 g/mol. The van der Waals surface area contributed by atoms with E-state index in [2.05, 4.69) is 10.4 Å². The normalized spacial score (nSPS) is 21.9. The van der Waals surface area contributed by atoms with Crippen molar-refractivity contribution in [2.45, 2.75) is 18.6 Å². The number of hydrogen-bond acceptors (Lipinski definition) is 6. The molecule has 2 aliphatic rings. The first-order valence-electron chi connectivity index (χ1n) is 8.63. The number of nitrogens with one attached hydrogen (secondary N) is 1. The van der Waals surface area contributed by atoms with Crippen LogP contribution in [0.4, 0.5) is 0 Å². The van der Waals surface area contributed by atoms with Gasteiger partial charge in [-0.25, -0.2) is 0 Å². The molecule has 1 fully saturated rings. The van der Waals surface area contributed by atoms with Gasteiger partial charge in [0.05, 0.1) is 50.4 Å². The minimum atomic E-state index is -0.275. The SMILES string of the molecule is Cn1cc(O[C@@H]2COC[C@@H]2NC(=O)c2cccc3c2OCCCO3)cn1. The molecule has 2 atom stereocenters. The maximum Gasteiger partial charge on any atom is 0.255 e. The van der Waals surface area contributed by atoms with Gasteiger partial charge in [0.25, 0.3) is 5.91 Å². The van der Waals surface area contributed by atoms with Crippen LogP contribution >= 0.6 is 0 Å². The van der Waals surface area contributed by atoms with Crippen LogP contribution < -0.4 is 19.5 Å². The summed E-state index contributed by atoms with van der Waals surface area (Å²) in [6, 6.07) is 5.07. The quantitative estimate of drug-likeness (QED) is 0.882. The molecule has 1 aromatic carbocycles. The van der Waals surface area contributed by atoms with E-state index in [1.54, 1.807) is 29.2 Å². The van der Waals surface area contributed by atoms with Crippen LogP contribution in [0.25, 0.3) is 0 Å². The summed E-state index contributed by atoms with van der Waals surface area (Å²) in [7, 11) is 1.82. The molecular weight excluding hydrogens is 338 g/mol. The van der Waals surface area contributed by atoms with Gasteiger partial charge in [-0.15, -0.1) is 0 Å². The molecule has 0 radical (unpaired) electrons. The Kier molecular flexibility index (Phi) is 4.66. The topological polar surface area (TPSA) is 83.8 Å². The molecule has 0 bridgehead atoms. The lowest BCUT2D eigenvalue weighted by atomic mass is 10.1. The van der Waals surface area contributed by atoms with Gasteiger partial charge in [-0.2, -0.15) is 5.10 Å². The lowest BCUT2D eigenvalue weighted by Gasteiger charge is -2.20. The molecule has 2 aromatic rings. The fraction of sp³-hybridized carbons (Fsp3) is 0.444. The monoisotopic (exact) mass is 359 g/mol. The summed E-state index contributed by atoms with van der Waals surface area (Å²) >= 11 is 0. The molecule has 0 aliphatic carbocycles. The molecule has 1 N–H and O–H groups in total. The van der Waals surface area contributed by atoms with Crippen LogP contribution in [-0.2, 0) is 11.8 Å². The van der Waals surface area contributed by atoms with Crippen molar-refractivity contribution in [3.05, 3.63) is 36.2 Å². The number of ether oxygens (including phenoxy) is 4. The lowest BCUT2D eigenvalue weighted by Crippen LogP contribution is -2.45. The van der Waals surface area contributed by atoms with E-state index in [1.165, 1.54) is 0 Å². The minimum Gasteiger partial charge on any atom is -0.490 e. The van der Waals surface area contributed by atoms with Crippen molar-refractivity contribution in [3.8, 4) is 17.2 Å². The summed E-state index contributed by atoms with van der Waals surface area (Å²) in [6.45, 7) is 1.90. The fourth-order valence-corrected chi connectivity index (χ4v) is 3.04. The molecule has 26 heavy (non-hydrogen) atoms. The summed E-state index contributed by atoms with van der Waals surface area (Å²) in [5.41, 5.74) is 0.455. The van der Waals surface area contributed by atoms with Crippen molar-refractivity contribution in [1.29, 1.82) is 0 Å². The number of aromatic nitrogens is 2. The van der Waals surface area contributed by atoms with Crippen molar-refractivity contribution in [2.75, 3.05) is 26.4 Å². The molecule has 1 amide bonds. The van der Waals surface area contributed by atoms with Crippen molar-refractivity contribution in [3.63, 3.8) is 0 Å². The van der Waals surface area contributed by atoms with Gasteiger partial charge < -0.3 is 24.3 Å². The summed E-state index contributed by atoms with van der Waals surface area (Å²) in [5, 5.41) is 7.07. The zero-order valence-electron chi connectivity index (χ0n) is 14.5. The third-order valence-electron chi connectivity index (χ3n) is 4.33. The molecule has 8 heteroatoms. The molecule has 8 nitrogen and oxygen atoms in total. The van der Waals surface area contributed by atoms with Crippen molar-refractivity contribution < 1.29 is 23.7 Å². The average Bonchev–Trinajstić information content (AvgIpc) is 3.16. The number of rotatable bonds is 4. The summed E-state index contributed by atoms with van der Waals surface area (Å²) in [5.74, 6) is 1.50. The van der Waals surface area contributed by atoms with Gasteiger partial charge in [0.1, 0.15) is 6.10 Å². The maximum absolute atomic E-state index is 12.8. The van der Waals surface area contributed by atoms with E-state index in [4.69, 9.17) is 18.9 Å². The number of nitrogens with zero attached hydrogens (tertiary/aromatic N) is 2. The van der Waals surface area contributed by atoms with Gasteiger partial charge in [-0.3, -0.25) is 9.48 Å². The first-order valence-corrected chi connectivity index (χ1v) is 8.63. The predicted octanol–water partition coefficient (Wildman–Crippen LogP) is 1.16. The maximum atomic E-state index is 12.8. The second-order valence-corrected chi connectivity index (χ2v) is 6.31. The molecule has 138 valence electrons. The highest BCUT2D eigenvalue weighted by molar-refractivity contribution is 5.98. The van der Waals surface area contributed by atoms with Crippen LogP contribution in [0, 0.1) is 0 Å². The van der Waals surface area contributed by atoms with Gasteiger partial charge >= 0.3 is 0 Å². The molecule has 0 unspecified atom stereocenters. The van der Waals surface area contributed by atoms with E-state index in [1.807, 2.05) is 13.1 Å². The highest BCUT2D eigenvalue weighted by Gasteiger charge is 2.33. The van der Waals surface area contributed by atoms with Crippen molar-refractivity contribution in [2.24, 2.45) is 7.05 Å². The molecular formula is C18H21N3O5. The predicted molar refractivity (Wildman–Crippen MR) is 91.7 cm³/mol. The number of para-hydroxylation sites is 1. The smallest absolute Gasteiger partial charge is 0.255 e. The Morgan fingerprint density at radius 2 is 2.19 bits per heavy atom. The zero-order valence-corrected chi connectivity index (χ0v) is 14.5. The summed E-state index contributed by atoms with van der Waals surface area (Å²) in [4.78, 5) is 12.8. The number of benzene rings is 1. The third kappa shape index (κ3) is 3.45. The third-order valence-corrected chi connectivity index (χ3v) is 4.33. The second-order valence-electron chi connectivity index (χ2n) is 6.31. The van der Waals surface area contributed by atoms with E-state index < -0.39 is 0 Å². The molecule has 1 aromatic heterocycles. The lowest BCUT2D eigenvalue weighted by molar-refractivity contribution is 0.0900. The number of amides is 1. The highest BCUT2D eigenvalue weighted by atomic mass is 16.6. The van der Waals surface area contributed by atoms with Crippen molar-refractivity contribution >= 4 is 5.91 Å². The number of aryl methyl sites for hydroxylation is 1. The molecule has 2 aliphatic heterocycles. The number of carbonyl (C=O) groups excluding carboxylic acids is 1. The van der Waals surface area contributed by atoms with E-state index in [-0.39, 0.29) is 18.1 Å². The van der Waals surface area contributed by atoms with Gasteiger partial charge in [0, 0.05) is 13.5 Å². The van der Waals surface area contributed by atoms with E-state index in [0.29, 0.717) is 49.2 Å². The highest BCUT2D eigenvalue weighted by Crippen LogP contribution is 2.33. The molecule has 1 saturated heterocycles. The van der Waals surface area contributed by atoms with Gasteiger partial charge in [0.15, 0.2) is 17.2 Å². The van der Waals surface area contributed by atoms with Crippen LogP contribution in [0.3, 0.4) is 0 Å². The van der Waals surface area contributed by atoms with Crippen LogP contribution in [0.1, 0.15) is 16.8 Å². The Bertz CT molecular complexity index is 791. The summed E-state index contributed by atoms with van der Waals surface area (Å²) in [6.07, 6.45) is 3.93. The number of carbonyl (C=O) groups is 1. The number of hydrogen-bond donors (Lipinski definition) is 1. The van der Waals surface area contributed by atoms with E-state index >= 15 is 0 Å². The number of fused-ring (bicyclic) bond motifs is 1. The van der Waals surface area contributed by atoms with Crippen LogP contribution in [-0.4, -0.2) is 54.3 Å². The van der Waals surface area contributed by atoms with E-state index in [9.17, 15) is 4.79 Å². The zero-order chi connectivity index (χ0) is 17.9. The van der Waals surface area contributed by atoms with Crippen LogP contribution in [0.5, 0.6) is 17.2 Å². The Hall–Kier alpha value is -2.74. The van der Waals surface area contributed by atoms with Crippen LogP contribution in [0.15, 0.2) is 30.6 Å². The van der Waals surface area contributed by atoms with Crippen molar-refractivity contribution in [1.82, 2.24) is 15.1 Å². The second kappa shape index (κ2) is 7.25. The summed E-state index contributed by atoms with van der Waals surface area (Å²) < 4.78 is 24.4. The Morgan fingerprint density at radius 1 is 1.31 bits per heavy atom. The van der Waals surface area contributed by atoms with Gasteiger partial charge in [0.2, 0.25) is 0 Å². The Balaban J connectivity index is 1.47. The molecule has 0 spiro atoms. The molecule has 3 heterocycles. The standard InChI is InChI=1S/C18H21N3O5/c1-21-9-12(8-19-21)26-16-11-23-10-14(16)20-18(22)13-4-2-5-15-17(13)25-7-3-6-24-15/h2,4-5,8-9,14,16H,3,6-7,10-11H2,1H3,(H,20,22)/t14-,16+/m0/s1.